The van der Waals surface area contributed by atoms with Gasteiger partial charge < -0.3 is 4.74 Å². The number of aliphatic imine (C=N–C) groups is 1. The smallest absolute Gasteiger partial charge is 0.393 e. The number of alkyl halides is 3. The van der Waals surface area contributed by atoms with Gasteiger partial charge in [0.2, 0.25) is 0 Å². The summed E-state index contributed by atoms with van der Waals surface area (Å²) >= 11 is 0. The van der Waals surface area contributed by atoms with Crippen molar-refractivity contribution in [2.75, 3.05) is 0 Å². The minimum absolute atomic E-state index is 0.273. The predicted molar refractivity (Wildman–Crippen MR) is 58.5 cm³/mol. The highest BCUT2D eigenvalue weighted by Gasteiger charge is 2.29. The van der Waals surface area contributed by atoms with E-state index in [4.69, 9.17) is 4.74 Å². The van der Waals surface area contributed by atoms with E-state index in [2.05, 4.69) is 4.99 Å². The molecule has 0 saturated heterocycles. The van der Waals surface area contributed by atoms with Crippen LogP contribution in [0.4, 0.5) is 18.9 Å². The van der Waals surface area contributed by atoms with Crippen molar-refractivity contribution < 1.29 is 17.9 Å². The first kappa shape index (κ1) is 12.0. The Labute approximate surface area is 97.1 Å². The van der Waals surface area contributed by atoms with Crippen LogP contribution >= 0.6 is 0 Å². The van der Waals surface area contributed by atoms with Crippen LogP contribution in [0.2, 0.25) is 0 Å². The van der Waals surface area contributed by atoms with Crippen LogP contribution in [0.15, 0.2) is 17.1 Å². The zero-order valence-electron chi connectivity index (χ0n) is 9.56. The summed E-state index contributed by atoms with van der Waals surface area (Å²) in [5.74, 6) is 0.485. The minimum atomic E-state index is -4.19. The average Bonchev–Trinajstić information content (AvgIpc) is 2.17. The first-order valence-electron chi connectivity index (χ1n) is 5.22. The van der Waals surface area contributed by atoms with Gasteiger partial charge in [0.15, 0.2) is 5.90 Å². The molecule has 1 heterocycles. The van der Waals surface area contributed by atoms with Crippen molar-refractivity contribution >= 4 is 11.6 Å². The molecule has 2 nitrogen and oxygen atoms in total. The second-order valence-corrected chi connectivity index (χ2v) is 4.12. The molecule has 0 bridgehead atoms. The minimum Gasteiger partial charge on any atom is -0.476 e. The third-order valence-electron chi connectivity index (χ3n) is 2.64. The fourth-order valence-electron chi connectivity index (χ4n) is 1.81. The van der Waals surface area contributed by atoms with Crippen LogP contribution in [0.25, 0.3) is 0 Å². The van der Waals surface area contributed by atoms with E-state index in [1.54, 1.807) is 19.9 Å². The molecule has 0 radical (unpaired) electrons. The summed E-state index contributed by atoms with van der Waals surface area (Å²) in [5.41, 5.74) is 2.31. The highest BCUT2D eigenvalue weighted by Crippen LogP contribution is 2.31. The van der Waals surface area contributed by atoms with Crippen molar-refractivity contribution in [3.63, 3.8) is 0 Å². The summed E-state index contributed by atoms with van der Waals surface area (Å²) in [6.45, 7) is 3.73. The normalized spacial score (nSPS) is 15.0. The van der Waals surface area contributed by atoms with E-state index in [9.17, 15) is 13.2 Å². The van der Waals surface area contributed by atoms with E-state index in [-0.39, 0.29) is 5.56 Å². The van der Waals surface area contributed by atoms with Crippen LogP contribution in [-0.4, -0.2) is 12.1 Å². The zero-order valence-corrected chi connectivity index (χ0v) is 9.56. The SMILES string of the molecule is CC1=Nc2cc(CC(F)(F)F)c(C)cc2CO1. The summed E-state index contributed by atoms with van der Waals surface area (Å²) in [7, 11) is 0. The number of ether oxygens (including phenoxy) is 1. The fraction of sp³-hybridized carbons (Fsp3) is 0.417. The highest BCUT2D eigenvalue weighted by atomic mass is 19.4. The molecule has 2 rings (SSSR count). The molecule has 0 aliphatic carbocycles. The van der Waals surface area contributed by atoms with Gasteiger partial charge in [-0.2, -0.15) is 13.2 Å². The Hall–Kier alpha value is -1.52. The standard InChI is InChI=1S/C12H12F3NO/c1-7-3-10-6-17-8(2)16-11(10)4-9(7)5-12(13,14)15/h3-4H,5-6H2,1-2H3. The average molecular weight is 243 g/mol. The van der Waals surface area contributed by atoms with Gasteiger partial charge in [0.25, 0.3) is 0 Å². The van der Waals surface area contributed by atoms with Crippen LogP contribution in [-0.2, 0) is 17.8 Å². The van der Waals surface area contributed by atoms with Crippen LogP contribution in [0.3, 0.4) is 0 Å². The second-order valence-electron chi connectivity index (χ2n) is 4.12. The number of hydrogen-bond donors (Lipinski definition) is 0. The van der Waals surface area contributed by atoms with Crippen LogP contribution in [0.1, 0.15) is 23.6 Å². The Balaban J connectivity index is 2.40. The second kappa shape index (κ2) is 4.05. The lowest BCUT2D eigenvalue weighted by Crippen LogP contribution is -2.13. The van der Waals surface area contributed by atoms with E-state index in [0.29, 0.717) is 23.8 Å². The van der Waals surface area contributed by atoms with Gasteiger partial charge >= 0.3 is 6.18 Å². The molecule has 0 fully saturated rings. The molecular weight excluding hydrogens is 231 g/mol. The molecule has 1 aliphatic heterocycles. The van der Waals surface area contributed by atoms with Crippen LogP contribution < -0.4 is 0 Å². The van der Waals surface area contributed by atoms with Gasteiger partial charge in [-0.15, -0.1) is 0 Å². The molecule has 1 aromatic rings. The predicted octanol–water partition coefficient (Wildman–Crippen LogP) is 3.68. The molecule has 0 unspecified atom stereocenters. The molecule has 0 amide bonds. The van der Waals surface area contributed by atoms with Gasteiger partial charge in [0.05, 0.1) is 12.1 Å². The van der Waals surface area contributed by atoms with E-state index in [0.717, 1.165) is 5.56 Å². The fourth-order valence-corrected chi connectivity index (χ4v) is 1.81. The van der Waals surface area contributed by atoms with Gasteiger partial charge in [-0.1, -0.05) is 6.07 Å². The lowest BCUT2D eigenvalue weighted by molar-refractivity contribution is -0.127. The molecule has 0 atom stereocenters. The number of fused-ring (bicyclic) bond motifs is 1. The largest absolute Gasteiger partial charge is 0.476 e. The quantitative estimate of drug-likeness (QED) is 0.737. The van der Waals surface area contributed by atoms with Crippen LogP contribution in [0.5, 0.6) is 0 Å². The van der Waals surface area contributed by atoms with Gasteiger partial charge in [-0.3, -0.25) is 0 Å². The molecule has 0 spiro atoms. The molecule has 5 heteroatoms. The van der Waals surface area contributed by atoms with Gasteiger partial charge in [-0.05, 0) is 24.1 Å². The first-order valence-corrected chi connectivity index (χ1v) is 5.22. The Morgan fingerprint density at radius 2 is 2.00 bits per heavy atom. The number of nitrogens with zero attached hydrogens (tertiary/aromatic N) is 1. The third kappa shape index (κ3) is 2.78. The van der Waals surface area contributed by atoms with E-state index >= 15 is 0 Å². The lowest BCUT2D eigenvalue weighted by Gasteiger charge is -2.18. The Kier molecular flexibility index (Phi) is 2.85. The maximum absolute atomic E-state index is 12.4. The summed E-state index contributed by atoms with van der Waals surface area (Å²) in [5, 5.41) is 0. The van der Waals surface area contributed by atoms with E-state index < -0.39 is 12.6 Å². The van der Waals surface area contributed by atoms with Crippen molar-refractivity contribution in [3.05, 3.63) is 28.8 Å². The number of hydrogen-bond acceptors (Lipinski definition) is 2. The number of benzene rings is 1. The molecule has 0 aromatic heterocycles. The Bertz CT molecular complexity index is 477. The molecule has 0 saturated carbocycles. The zero-order chi connectivity index (χ0) is 12.6. The maximum atomic E-state index is 12.4. The summed E-state index contributed by atoms with van der Waals surface area (Å²) in [4.78, 5) is 4.10. The molecule has 0 N–H and O–H groups in total. The van der Waals surface area contributed by atoms with Crippen molar-refractivity contribution in [1.29, 1.82) is 0 Å². The van der Waals surface area contributed by atoms with Crippen molar-refractivity contribution in [2.45, 2.75) is 33.1 Å². The molecule has 1 aliphatic rings. The van der Waals surface area contributed by atoms with Crippen LogP contribution in [0, 0.1) is 6.92 Å². The summed E-state index contributed by atoms with van der Waals surface area (Å²) < 4.78 is 42.3. The van der Waals surface area contributed by atoms with E-state index in [1.165, 1.54) is 6.07 Å². The lowest BCUT2D eigenvalue weighted by atomic mass is 10.0. The molecule has 1 aromatic carbocycles. The summed E-state index contributed by atoms with van der Waals surface area (Å²) in [6, 6.07) is 3.22. The highest BCUT2D eigenvalue weighted by molar-refractivity contribution is 5.79. The Morgan fingerprint density at radius 3 is 2.65 bits per heavy atom. The maximum Gasteiger partial charge on any atom is 0.393 e. The first-order chi connectivity index (χ1) is 7.85. The molecular formula is C12H12F3NO. The van der Waals surface area contributed by atoms with Gasteiger partial charge in [0, 0.05) is 12.5 Å². The number of rotatable bonds is 1. The number of aryl methyl sites for hydroxylation is 1. The van der Waals surface area contributed by atoms with E-state index in [1.807, 2.05) is 0 Å². The number of halogens is 3. The van der Waals surface area contributed by atoms with Gasteiger partial charge in [0.1, 0.15) is 6.61 Å². The van der Waals surface area contributed by atoms with Crippen molar-refractivity contribution in [3.8, 4) is 0 Å². The van der Waals surface area contributed by atoms with Crippen molar-refractivity contribution in [1.82, 2.24) is 0 Å². The Morgan fingerprint density at radius 1 is 1.29 bits per heavy atom. The summed E-state index contributed by atoms with van der Waals surface area (Å²) in [6.07, 6.45) is -5.11. The molecule has 92 valence electrons. The third-order valence-corrected chi connectivity index (χ3v) is 2.64. The molecule has 17 heavy (non-hydrogen) atoms. The van der Waals surface area contributed by atoms with Crippen molar-refractivity contribution in [2.24, 2.45) is 4.99 Å². The monoisotopic (exact) mass is 243 g/mol. The van der Waals surface area contributed by atoms with Gasteiger partial charge in [-0.25, -0.2) is 4.99 Å². The topological polar surface area (TPSA) is 21.6 Å².